The normalized spacial score (nSPS) is 12.0. The van der Waals surface area contributed by atoms with E-state index in [-0.39, 0.29) is 11.1 Å². The maximum Gasteiger partial charge on any atom is 0.264 e. The first-order valence-electron chi connectivity index (χ1n) is 9.15. The third-order valence-corrected chi connectivity index (χ3v) is 4.57. The summed E-state index contributed by atoms with van der Waals surface area (Å²) in [4.78, 5) is 21.8. The van der Waals surface area contributed by atoms with Gasteiger partial charge in [-0.3, -0.25) is 9.36 Å². The minimum absolute atomic E-state index is 0.149. The summed E-state index contributed by atoms with van der Waals surface area (Å²) in [5, 5.41) is 9.18. The van der Waals surface area contributed by atoms with Crippen molar-refractivity contribution >= 4 is 11.0 Å². The second-order valence-electron chi connectivity index (χ2n) is 8.08. The van der Waals surface area contributed by atoms with Crippen molar-refractivity contribution in [2.24, 2.45) is 0 Å². The van der Waals surface area contributed by atoms with Crippen LogP contribution in [-0.4, -0.2) is 34.1 Å². The third kappa shape index (κ3) is 3.11. The lowest BCUT2D eigenvalue weighted by atomic mass is 10.1. The second-order valence-corrected chi connectivity index (χ2v) is 8.08. The highest BCUT2D eigenvalue weighted by molar-refractivity contribution is 5.75. The van der Waals surface area contributed by atoms with Gasteiger partial charge < -0.3 is 0 Å². The largest absolute Gasteiger partial charge is 0.291 e. The zero-order valence-corrected chi connectivity index (χ0v) is 16.7. The quantitative estimate of drug-likeness (QED) is 0.548. The van der Waals surface area contributed by atoms with Crippen molar-refractivity contribution < 1.29 is 0 Å². The summed E-state index contributed by atoms with van der Waals surface area (Å²) in [6, 6.07) is 6.15. The average Bonchev–Trinajstić information content (AvgIpc) is 3.23. The number of hydrogen-bond acceptors (Lipinski definition) is 5. The lowest BCUT2D eigenvalue weighted by Gasteiger charge is -2.21. The van der Waals surface area contributed by atoms with Gasteiger partial charge >= 0.3 is 0 Å². The second kappa shape index (κ2) is 6.40. The Balaban J connectivity index is 1.77. The fourth-order valence-electron chi connectivity index (χ4n) is 3.41. The van der Waals surface area contributed by atoms with Gasteiger partial charge in [-0.25, -0.2) is 19.3 Å². The van der Waals surface area contributed by atoms with Crippen molar-refractivity contribution in [2.75, 3.05) is 0 Å². The van der Waals surface area contributed by atoms with Crippen LogP contribution in [-0.2, 0) is 12.1 Å². The Morgan fingerprint density at radius 2 is 1.71 bits per heavy atom. The van der Waals surface area contributed by atoms with Crippen molar-refractivity contribution in [3.8, 4) is 5.69 Å². The molecule has 0 aliphatic heterocycles. The molecule has 28 heavy (non-hydrogen) atoms. The number of fused-ring (bicyclic) bond motifs is 1. The highest BCUT2D eigenvalue weighted by atomic mass is 16.1. The Bertz CT molecular complexity index is 1200. The van der Waals surface area contributed by atoms with Crippen molar-refractivity contribution in [2.45, 2.75) is 46.7 Å². The maximum absolute atomic E-state index is 13.0. The van der Waals surface area contributed by atoms with Gasteiger partial charge in [0.15, 0.2) is 5.65 Å². The summed E-state index contributed by atoms with van der Waals surface area (Å²) in [6.07, 6.45) is 4.64. The SMILES string of the molecule is Cc1cc(C)cc(-n2ncc3c(=O)n(Cc4ncnn4C(C)(C)C)cnc32)c1. The molecular formula is C20H23N7O. The molecule has 8 heteroatoms. The molecule has 0 spiro atoms. The first-order valence-corrected chi connectivity index (χ1v) is 9.15. The van der Waals surface area contributed by atoms with Gasteiger partial charge in [0.25, 0.3) is 5.56 Å². The van der Waals surface area contributed by atoms with Crippen LogP contribution in [0, 0.1) is 13.8 Å². The topological polar surface area (TPSA) is 83.4 Å². The lowest BCUT2D eigenvalue weighted by molar-refractivity contribution is 0.338. The van der Waals surface area contributed by atoms with Crippen LogP contribution >= 0.6 is 0 Å². The first kappa shape index (κ1) is 18.1. The van der Waals surface area contributed by atoms with Crippen molar-refractivity contribution in [3.05, 3.63) is 64.4 Å². The zero-order chi connectivity index (χ0) is 20.1. The minimum Gasteiger partial charge on any atom is -0.291 e. The van der Waals surface area contributed by atoms with Gasteiger partial charge in [-0.1, -0.05) is 6.07 Å². The zero-order valence-electron chi connectivity index (χ0n) is 16.7. The van der Waals surface area contributed by atoms with Gasteiger partial charge in [0, 0.05) is 0 Å². The van der Waals surface area contributed by atoms with E-state index in [2.05, 4.69) is 26.2 Å². The van der Waals surface area contributed by atoms with Crippen LogP contribution in [0.4, 0.5) is 0 Å². The smallest absolute Gasteiger partial charge is 0.264 e. The average molecular weight is 377 g/mol. The number of rotatable bonds is 3. The molecule has 8 nitrogen and oxygen atoms in total. The molecule has 144 valence electrons. The summed E-state index contributed by atoms with van der Waals surface area (Å²) in [7, 11) is 0. The molecule has 0 aliphatic rings. The van der Waals surface area contributed by atoms with Gasteiger partial charge in [-0.15, -0.1) is 0 Å². The number of hydrogen-bond donors (Lipinski definition) is 0. The molecule has 0 amide bonds. The van der Waals surface area contributed by atoms with E-state index in [1.807, 2.05) is 51.4 Å². The first-order chi connectivity index (χ1) is 13.2. The molecule has 0 bridgehead atoms. The molecule has 0 radical (unpaired) electrons. The monoisotopic (exact) mass is 377 g/mol. The molecule has 4 aromatic rings. The van der Waals surface area contributed by atoms with E-state index in [4.69, 9.17) is 0 Å². The summed E-state index contributed by atoms with van der Waals surface area (Å²) in [5.41, 5.74) is 3.33. The van der Waals surface area contributed by atoms with Gasteiger partial charge in [0.2, 0.25) is 0 Å². The molecular weight excluding hydrogens is 354 g/mol. The van der Waals surface area contributed by atoms with Gasteiger partial charge in [-0.05, 0) is 57.9 Å². The van der Waals surface area contributed by atoms with Crippen LogP contribution in [0.1, 0.15) is 37.7 Å². The fraction of sp³-hybridized carbons (Fsp3) is 0.350. The van der Waals surface area contributed by atoms with Gasteiger partial charge in [0.1, 0.15) is 23.9 Å². The highest BCUT2D eigenvalue weighted by Crippen LogP contribution is 2.18. The molecule has 4 rings (SSSR count). The molecule has 3 heterocycles. The van der Waals surface area contributed by atoms with E-state index in [9.17, 15) is 4.79 Å². The van der Waals surface area contributed by atoms with E-state index >= 15 is 0 Å². The molecule has 0 atom stereocenters. The van der Waals surface area contributed by atoms with Crippen molar-refractivity contribution in [1.82, 2.24) is 34.1 Å². The number of aryl methyl sites for hydroxylation is 2. The molecule has 0 unspecified atom stereocenters. The van der Waals surface area contributed by atoms with Crippen LogP contribution in [0.3, 0.4) is 0 Å². The molecule has 1 aromatic carbocycles. The standard InChI is InChI=1S/C20H23N7O/c1-13-6-14(2)8-15(7-13)26-18-16(9-23-26)19(28)25(12-22-18)10-17-21-11-24-27(17)20(3,4)5/h6-9,11-12H,10H2,1-5H3. The highest BCUT2D eigenvalue weighted by Gasteiger charge is 2.20. The van der Waals surface area contributed by atoms with Crippen molar-refractivity contribution in [3.63, 3.8) is 0 Å². The Labute approximate surface area is 162 Å². The molecule has 0 N–H and O–H groups in total. The van der Waals surface area contributed by atoms with Crippen LogP contribution in [0.5, 0.6) is 0 Å². The van der Waals surface area contributed by atoms with E-state index < -0.39 is 0 Å². The predicted molar refractivity (Wildman–Crippen MR) is 107 cm³/mol. The van der Waals surface area contributed by atoms with Crippen LogP contribution in [0.2, 0.25) is 0 Å². The van der Waals surface area contributed by atoms with Gasteiger partial charge in [-0.2, -0.15) is 10.2 Å². The summed E-state index contributed by atoms with van der Waals surface area (Å²) >= 11 is 0. The summed E-state index contributed by atoms with van der Waals surface area (Å²) < 4.78 is 5.07. The maximum atomic E-state index is 13.0. The Morgan fingerprint density at radius 1 is 1.00 bits per heavy atom. The van der Waals surface area contributed by atoms with E-state index in [0.717, 1.165) is 16.8 Å². The number of nitrogens with zero attached hydrogens (tertiary/aromatic N) is 7. The molecule has 3 aromatic heterocycles. The predicted octanol–water partition coefficient (Wildman–Crippen LogP) is 2.59. The number of aromatic nitrogens is 7. The van der Waals surface area contributed by atoms with Crippen molar-refractivity contribution in [1.29, 1.82) is 0 Å². The Hall–Kier alpha value is -3.29. The molecule has 0 saturated heterocycles. The lowest BCUT2D eigenvalue weighted by Crippen LogP contribution is -2.29. The molecule has 0 aliphatic carbocycles. The van der Waals surface area contributed by atoms with E-state index in [0.29, 0.717) is 23.4 Å². The Morgan fingerprint density at radius 3 is 2.39 bits per heavy atom. The third-order valence-electron chi connectivity index (χ3n) is 4.57. The fourth-order valence-corrected chi connectivity index (χ4v) is 3.41. The Kier molecular flexibility index (Phi) is 4.14. The summed E-state index contributed by atoms with van der Waals surface area (Å²) in [6.45, 7) is 10.5. The van der Waals surface area contributed by atoms with Crippen LogP contribution in [0.25, 0.3) is 16.7 Å². The molecule has 0 saturated carbocycles. The van der Waals surface area contributed by atoms with Gasteiger partial charge in [0.05, 0.1) is 24.0 Å². The minimum atomic E-state index is -0.221. The summed E-state index contributed by atoms with van der Waals surface area (Å²) in [5.74, 6) is 0.706. The van der Waals surface area contributed by atoms with E-state index in [1.54, 1.807) is 21.8 Å². The van der Waals surface area contributed by atoms with E-state index in [1.165, 1.54) is 6.33 Å². The number of benzene rings is 1. The van der Waals surface area contributed by atoms with Crippen LogP contribution < -0.4 is 5.56 Å². The van der Waals surface area contributed by atoms with Crippen LogP contribution in [0.15, 0.2) is 41.8 Å². The molecule has 0 fully saturated rings.